The quantitative estimate of drug-likeness (QED) is 0.525. The minimum atomic E-state index is -0.355. The summed E-state index contributed by atoms with van der Waals surface area (Å²) in [5.41, 5.74) is 2.95. The Balaban J connectivity index is 1.69. The van der Waals surface area contributed by atoms with Crippen molar-refractivity contribution in [1.29, 1.82) is 0 Å². The molecular formula is C23H19FN2O2. The molecule has 1 aromatic heterocycles. The molecule has 0 radical (unpaired) electrons. The second-order valence-electron chi connectivity index (χ2n) is 6.51. The highest BCUT2D eigenvalue weighted by Gasteiger charge is 2.19. The molecule has 4 rings (SSSR count). The molecule has 28 heavy (non-hydrogen) atoms. The van der Waals surface area contributed by atoms with E-state index in [-0.39, 0.29) is 17.8 Å². The molecule has 1 heterocycles. The number of aromatic amines is 1. The van der Waals surface area contributed by atoms with Crippen molar-refractivity contribution in [3.8, 4) is 5.75 Å². The average Bonchev–Trinajstić information content (AvgIpc) is 3.16. The van der Waals surface area contributed by atoms with Crippen LogP contribution in [0, 0.1) is 5.82 Å². The van der Waals surface area contributed by atoms with Crippen molar-refractivity contribution < 1.29 is 13.9 Å². The highest BCUT2D eigenvalue weighted by atomic mass is 19.1. The Hall–Kier alpha value is -3.60. The summed E-state index contributed by atoms with van der Waals surface area (Å²) in [5, 5.41) is 3.73. The maximum atomic E-state index is 13.4. The maximum Gasteiger partial charge on any atom is 0.268 e. The maximum absolute atomic E-state index is 13.4. The van der Waals surface area contributed by atoms with E-state index in [0.29, 0.717) is 22.3 Å². The van der Waals surface area contributed by atoms with E-state index in [0.717, 1.165) is 11.1 Å². The third-order valence-corrected chi connectivity index (χ3v) is 4.66. The van der Waals surface area contributed by atoms with Crippen LogP contribution < -0.4 is 10.1 Å². The lowest BCUT2D eigenvalue weighted by atomic mass is 9.98. The number of aromatic nitrogens is 1. The van der Waals surface area contributed by atoms with Crippen LogP contribution in [0.2, 0.25) is 0 Å². The van der Waals surface area contributed by atoms with E-state index in [4.69, 9.17) is 4.74 Å². The molecule has 0 saturated carbocycles. The topological polar surface area (TPSA) is 54.1 Å². The van der Waals surface area contributed by atoms with E-state index in [1.165, 1.54) is 12.1 Å². The number of halogens is 1. The number of methoxy groups -OCH3 is 1. The predicted molar refractivity (Wildman–Crippen MR) is 107 cm³/mol. The van der Waals surface area contributed by atoms with Crippen molar-refractivity contribution >= 4 is 16.8 Å². The van der Waals surface area contributed by atoms with Crippen molar-refractivity contribution in [1.82, 2.24) is 10.3 Å². The number of amides is 1. The molecule has 0 saturated heterocycles. The Morgan fingerprint density at radius 1 is 0.964 bits per heavy atom. The number of hydrogen-bond donors (Lipinski definition) is 2. The van der Waals surface area contributed by atoms with Gasteiger partial charge in [-0.05, 0) is 47.5 Å². The lowest BCUT2D eigenvalue weighted by molar-refractivity contribution is 0.0938. The fourth-order valence-corrected chi connectivity index (χ4v) is 3.26. The Bertz CT molecular complexity index is 1120. The van der Waals surface area contributed by atoms with Crippen LogP contribution in [0.25, 0.3) is 10.9 Å². The second-order valence-corrected chi connectivity index (χ2v) is 6.51. The van der Waals surface area contributed by atoms with Gasteiger partial charge in [-0.15, -0.1) is 0 Å². The van der Waals surface area contributed by atoms with Gasteiger partial charge in [0, 0.05) is 10.9 Å². The minimum Gasteiger partial charge on any atom is -0.497 e. The van der Waals surface area contributed by atoms with Crippen molar-refractivity contribution in [2.24, 2.45) is 0 Å². The highest BCUT2D eigenvalue weighted by molar-refractivity contribution is 5.98. The van der Waals surface area contributed by atoms with Gasteiger partial charge in [-0.2, -0.15) is 0 Å². The SMILES string of the molecule is COc1cccc(C(NC(=O)c2cc3cc(F)ccc3[nH]2)c2ccccc2)c1. The lowest BCUT2D eigenvalue weighted by Gasteiger charge is -2.20. The van der Waals surface area contributed by atoms with Crippen LogP contribution in [0.15, 0.2) is 78.9 Å². The van der Waals surface area contributed by atoms with Crippen LogP contribution >= 0.6 is 0 Å². The molecule has 3 aromatic carbocycles. The molecule has 4 nitrogen and oxygen atoms in total. The molecule has 0 spiro atoms. The number of benzene rings is 3. The molecule has 0 bridgehead atoms. The van der Waals surface area contributed by atoms with Crippen LogP contribution in [-0.2, 0) is 0 Å². The third-order valence-electron chi connectivity index (χ3n) is 4.66. The molecule has 5 heteroatoms. The van der Waals surface area contributed by atoms with E-state index in [1.54, 1.807) is 19.2 Å². The number of H-pyrrole nitrogens is 1. The first-order valence-corrected chi connectivity index (χ1v) is 8.92. The molecule has 140 valence electrons. The van der Waals surface area contributed by atoms with Crippen molar-refractivity contribution in [3.63, 3.8) is 0 Å². The molecule has 1 amide bonds. The van der Waals surface area contributed by atoms with Crippen LogP contribution in [0.1, 0.15) is 27.7 Å². The minimum absolute atomic E-state index is 0.270. The molecule has 0 fully saturated rings. The summed E-state index contributed by atoms with van der Waals surface area (Å²) in [6, 6.07) is 23.0. The van der Waals surface area contributed by atoms with Gasteiger partial charge in [-0.25, -0.2) is 4.39 Å². The summed E-state index contributed by atoms with van der Waals surface area (Å²) in [7, 11) is 1.61. The molecule has 4 aromatic rings. The second kappa shape index (κ2) is 7.56. The fraction of sp³-hybridized carbons (Fsp3) is 0.0870. The molecule has 2 N–H and O–H groups in total. The number of carbonyl (C=O) groups is 1. The van der Waals surface area contributed by atoms with E-state index in [2.05, 4.69) is 10.3 Å². The van der Waals surface area contributed by atoms with Gasteiger partial charge in [0.05, 0.1) is 13.2 Å². The van der Waals surface area contributed by atoms with Gasteiger partial charge in [0.1, 0.15) is 17.3 Å². The Morgan fingerprint density at radius 3 is 2.54 bits per heavy atom. The zero-order valence-corrected chi connectivity index (χ0v) is 15.3. The number of fused-ring (bicyclic) bond motifs is 1. The third kappa shape index (κ3) is 3.60. The molecule has 0 aliphatic rings. The first kappa shape index (κ1) is 17.8. The lowest BCUT2D eigenvalue weighted by Crippen LogP contribution is -2.29. The first-order valence-electron chi connectivity index (χ1n) is 8.92. The predicted octanol–water partition coefficient (Wildman–Crippen LogP) is 4.84. The van der Waals surface area contributed by atoms with Gasteiger partial charge in [0.2, 0.25) is 0 Å². The number of rotatable bonds is 5. The summed E-state index contributed by atoms with van der Waals surface area (Å²) < 4.78 is 18.8. The first-order chi connectivity index (χ1) is 13.6. The zero-order chi connectivity index (χ0) is 19.5. The normalized spacial score (nSPS) is 11.9. The smallest absolute Gasteiger partial charge is 0.268 e. The van der Waals surface area contributed by atoms with E-state index in [1.807, 2.05) is 54.6 Å². The van der Waals surface area contributed by atoms with Gasteiger partial charge in [-0.3, -0.25) is 4.79 Å². The fourth-order valence-electron chi connectivity index (χ4n) is 3.26. The summed E-state index contributed by atoms with van der Waals surface area (Å²) in [6.07, 6.45) is 0. The number of ether oxygens (including phenoxy) is 1. The molecular weight excluding hydrogens is 355 g/mol. The Morgan fingerprint density at radius 2 is 1.75 bits per heavy atom. The molecule has 1 unspecified atom stereocenters. The highest BCUT2D eigenvalue weighted by Crippen LogP contribution is 2.26. The van der Waals surface area contributed by atoms with Gasteiger partial charge in [0.25, 0.3) is 5.91 Å². The van der Waals surface area contributed by atoms with E-state index >= 15 is 0 Å². The van der Waals surface area contributed by atoms with Crippen LogP contribution in [-0.4, -0.2) is 18.0 Å². The standard InChI is InChI=1S/C23H19FN2O2/c1-28-19-9-5-8-16(13-19)22(15-6-3-2-4-7-15)26-23(27)21-14-17-12-18(24)10-11-20(17)25-21/h2-14,22,25H,1H3,(H,26,27). The molecule has 1 atom stereocenters. The van der Waals surface area contributed by atoms with Crippen molar-refractivity contribution in [2.75, 3.05) is 7.11 Å². The number of nitrogens with one attached hydrogen (secondary N) is 2. The Labute approximate surface area is 162 Å². The number of carbonyl (C=O) groups excluding carboxylic acids is 1. The van der Waals surface area contributed by atoms with Crippen LogP contribution in [0.3, 0.4) is 0 Å². The summed E-state index contributed by atoms with van der Waals surface area (Å²) in [4.78, 5) is 16.0. The monoisotopic (exact) mass is 374 g/mol. The molecule has 0 aliphatic heterocycles. The van der Waals surface area contributed by atoms with Gasteiger partial charge in [-0.1, -0.05) is 42.5 Å². The van der Waals surface area contributed by atoms with Crippen molar-refractivity contribution in [2.45, 2.75) is 6.04 Å². The summed E-state index contributed by atoms with van der Waals surface area (Å²) >= 11 is 0. The van der Waals surface area contributed by atoms with E-state index < -0.39 is 0 Å². The van der Waals surface area contributed by atoms with E-state index in [9.17, 15) is 9.18 Å². The summed E-state index contributed by atoms with van der Waals surface area (Å²) in [6.45, 7) is 0. The van der Waals surface area contributed by atoms with Gasteiger partial charge in [0.15, 0.2) is 0 Å². The zero-order valence-electron chi connectivity index (χ0n) is 15.3. The summed E-state index contributed by atoms with van der Waals surface area (Å²) in [5.74, 6) is 0.110. The Kier molecular flexibility index (Phi) is 4.81. The largest absolute Gasteiger partial charge is 0.497 e. The van der Waals surface area contributed by atoms with Crippen molar-refractivity contribution in [3.05, 3.63) is 102 Å². The number of hydrogen-bond acceptors (Lipinski definition) is 2. The van der Waals surface area contributed by atoms with Crippen LogP contribution in [0.5, 0.6) is 5.75 Å². The van der Waals surface area contributed by atoms with Gasteiger partial charge >= 0.3 is 0 Å². The van der Waals surface area contributed by atoms with Crippen LogP contribution in [0.4, 0.5) is 4.39 Å². The van der Waals surface area contributed by atoms with Gasteiger partial charge < -0.3 is 15.0 Å². The molecule has 0 aliphatic carbocycles. The average molecular weight is 374 g/mol.